The van der Waals surface area contributed by atoms with Gasteiger partial charge in [-0.1, -0.05) is 19.9 Å². The largest absolute Gasteiger partial charge is 0.496 e. The molecule has 0 unspecified atom stereocenters. The number of hydrogen-bond acceptors (Lipinski definition) is 4. The van der Waals surface area contributed by atoms with Crippen molar-refractivity contribution in [2.24, 2.45) is 5.41 Å². The molecule has 6 heteroatoms. The second kappa shape index (κ2) is 8.11. The second-order valence-electron chi connectivity index (χ2n) is 6.22. The van der Waals surface area contributed by atoms with Gasteiger partial charge in [0, 0.05) is 55.9 Å². The Kier molecular flexibility index (Phi) is 7.06. The summed E-state index contributed by atoms with van der Waals surface area (Å²) in [5.41, 5.74) is 0.586. The number of aliphatic hydroxyl groups is 1. The van der Waals surface area contributed by atoms with E-state index < -0.39 is 0 Å². The van der Waals surface area contributed by atoms with Crippen LogP contribution in [-0.4, -0.2) is 49.9 Å². The van der Waals surface area contributed by atoms with E-state index in [1.54, 1.807) is 13.2 Å². The van der Waals surface area contributed by atoms with Gasteiger partial charge in [0.1, 0.15) is 11.6 Å². The van der Waals surface area contributed by atoms with Gasteiger partial charge in [-0.05, 0) is 6.07 Å². The van der Waals surface area contributed by atoms with Crippen LogP contribution in [0.4, 0.5) is 4.39 Å². The van der Waals surface area contributed by atoms with Crippen LogP contribution in [0, 0.1) is 11.2 Å². The van der Waals surface area contributed by atoms with Gasteiger partial charge in [-0.3, -0.25) is 4.90 Å². The summed E-state index contributed by atoms with van der Waals surface area (Å²) in [5.74, 6) is 0.233. The summed E-state index contributed by atoms with van der Waals surface area (Å²) < 4.78 is 18.8. The Bertz CT molecular complexity index is 479. The summed E-state index contributed by atoms with van der Waals surface area (Å²) in [6.07, 6.45) is 0. The molecule has 0 aliphatic carbocycles. The Labute approximate surface area is 138 Å². The van der Waals surface area contributed by atoms with Crippen LogP contribution in [0.2, 0.25) is 0 Å². The summed E-state index contributed by atoms with van der Waals surface area (Å²) in [6, 6.07) is 4.64. The zero-order valence-corrected chi connectivity index (χ0v) is 14.3. The van der Waals surface area contributed by atoms with Crippen molar-refractivity contribution in [1.82, 2.24) is 10.2 Å². The first kappa shape index (κ1) is 19.2. The molecule has 0 aromatic heterocycles. The minimum atomic E-state index is -0.345. The molecule has 22 heavy (non-hydrogen) atoms. The first-order valence-corrected chi connectivity index (χ1v) is 7.38. The van der Waals surface area contributed by atoms with Crippen LogP contribution in [-0.2, 0) is 0 Å². The van der Waals surface area contributed by atoms with Crippen LogP contribution in [0.25, 0.3) is 0 Å². The highest BCUT2D eigenvalue weighted by Gasteiger charge is 2.37. The first-order chi connectivity index (χ1) is 9.99. The van der Waals surface area contributed by atoms with Crippen LogP contribution < -0.4 is 10.1 Å². The third-order valence-electron chi connectivity index (χ3n) is 4.15. The van der Waals surface area contributed by atoms with Crippen molar-refractivity contribution in [3.63, 3.8) is 0 Å². The minimum absolute atomic E-state index is 0. The molecule has 1 aromatic carbocycles. The smallest absolute Gasteiger partial charge is 0.126 e. The van der Waals surface area contributed by atoms with E-state index in [0.29, 0.717) is 5.75 Å². The molecular weight excluding hydrogens is 307 g/mol. The third-order valence-corrected chi connectivity index (χ3v) is 4.15. The molecule has 1 saturated heterocycles. The predicted octanol–water partition coefficient (Wildman–Crippen LogP) is 2.22. The monoisotopic (exact) mass is 332 g/mol. The number of nitrogens with one attached hydrogen (secondary N) is 1. The van der Waals surface area contributed by atoms with Gasteiger partial charge >= 0.3 is 0 Å². The fourth-order valence-electron chi connectivity index (χ4n) is 3.05. The van der Waals surface area contributed by atoms with Crippen LogP contribution in [0.3, 0.4) is 0 Å². The number of piperazine rings is 1. The van der Waals surface area contributed by atoms with E-state index in [1.807, 2.05) is 13.8 Å². The number of ether oxygens (including phenoxy) is 1. The highest BCUT2D eigenvalue weighted by molar-refractivity contribution is 5.85. The molecule has 0 radical (unpaired) electrons. The van der Waals surface area contributed by atoms with Gasteiger partial charge in [0.05, 0.1) is 7.11 Å². The Morgan fingerprint density at radius 2 is 2.00 bits per heavy atom. The quantitative estimate of drug-likeness (QED) is 0.868. The van der Waals surface area contributed by atoms with Crippen LogP contribution >= 0.6 is 12.4 Å². The fraction of sp³-hybridized carbons (Fsp3) is 0.625. The number of benzene rings is 1. The van der Waals surface area contributed by atoms with Crippen LogP contribution in [0.1, 0.15) is 25.5 Å². The third kappa shape index (κ3) is 4.10. The molecule has 0 spiro atoms. The number of nitrogens with zero attached hydrogens (tertiary/aromatic N) is 1. The van der Waals surface area contributed by atoms with E-state index in [1.165, 1.54) is 12.1 Å². The lowest BCUT2D eigenvalue weighted by molar-refractivity contribution is 0.0292. The van der Waals surface area contributed by atoms with Crippen molar-refractivity contribution in [3.05, 3.63) is 29.6 Å². The number of methoxy groups -OCH3 is 1. The number of halogens is 2. The van der Waals surface area contributed by atoms with Crippen molar-refractivity contribution in [1.29, 1.82) is 0 Å². The predicted molar refractivity (Wildman–Crippen MR) is 88.3 cm³/mol. The minimum Gasteiger partial charge on any atom is -0.496 e. The summed E-state index contributed by atoms with van der Waals surface area (Å²) in [7, 11) is 1.55. The standard InChI is InChI=1S/C16H25FN2O2.ClH/c1-16(2,11-20)15(19-8-6-18-7-9-19)13-5-4-12(17)10-14(13)21-3;/h4-5,10,15,18,20H,6-9,11H2,1-3H3;1H/t15-;/m1./s1. The molecule has 2 N–H and O–H groups in total. The van der Waals surface area contributed by atoms with Gasteiger partial charge in [0.2, 0.25) is 0 Å². The van der Waals surface area contributed by atoms with Crippen molar-refractivity contribution in [2.75, 3.05) is 39.9 Å². The van der Waals surface area contributed by atoms with Crippen molar-refractivity contribution >= 4 is 12.4 Å². The maximum Gasteiger partial charge on any atom is 0.126 e. The molecular formula is C16H26ClFN2O2. The van der Waals surface area contributed by atoms with Crippen LogP contribution in [0.5, 0.6) is 5.75 Å². The Balaban J connectivity index is 0.00000242. The zero-order chi connectivity index (χ0) is 15.5. The SMILES string of the molecule is COc1cc(F)ccc1[C@@H](N1CCNCC1)C(C)(C)CO.Cl. The van der Waals surface area contributed by atoms with Crippen molar-refractivity contribution < 1.29 is 14.2 Å². The average Bonchev–Trinajstić information content (AvgIpc) is 2.50. The van der Waals surface area contributed by atoms with Crippen LogP contribution in [0.15, 0.2) is 18.2 Å². The maximum atomic E-state index is 13.5. The van der Waals surface area contributed by atoms with Crippen molar-refractivity contribution in [2.45, 2.75) is 19.9 Å². The number of aliphatic hydroxyl groups excluding tert-OH is 1. The lowest BCUT2D eigenvalue weighted by atomic mass is 9.79. The lowest BCUT2D eigenvalue weighted by Gasteiger charge is -2.43. The molecule has 2 rings (SSSR count). The number of rotatable bonds is 5. The van der Waals surface area contributed by atoms with E-state index in [2.05, 4.69) is 10.2 Å². The molecule has 1 fully saturated rings. The molecule has 126 valence electrons. The highest BCUT2D eigenvalue weighted by Crippen LogP contribution is 2.42. The van der Waals surface area contributed by atoms with Gasteiger partial charge in [0.15, 0.2) is 0 Å². The zero-order valence-electron chi connectivity index (χ0n) is 13.4. The molecule has 1 aromatic rings. The molecule has 1 aliphatic heterocycles. The van der Waals surface area contributed by atoms with Gasteiger partial charge in [-0.15, -0.1) is 12.4 Å². The molecule has 0 saturated carbocycles. The maximum absolute atomic E-state index is 13.5. The topological polar surface area (TPSA) is 44.7 Å². The summed E-state index contributed by atoms with van der Waals surface area (Å²) in [5, 5.41) is 13.2. The van der Waals surface area contributed by atoms with E-state index in [-0.39, 0.29) is 36.3 Å². The lowest BCUT2D eigenvalue weighted by Crippen LogP contribution is -2.49. The normalized spacial score (nSPS) is 17.7. The van der Waals surface area contributed by atoms with E-state index in [4.69, 9.17) is 4.74 Å². The van der Waals surface area contributed by atoms with E-state index in [0.717, 1.165) is 31.7 Å². The summed E-state index contributed by atoms with van der Waals surface area (Å²) in [6.45, 7) is 7.75. The Hall–Kier alpha value is -0.880. The summed E-state index contributed by atoms with van der Waals surface area (Å²) >= 11 is 0. The Morgan fingerprint density at radius 3 is 2.55 bits per heavy atom. The molecule has 1 heterocycles. The molecule has 4 nitrogen and oxygen atoms in total. The number of hydrogen-bond donors (Lipinski definition) is 2. The second-order valence-corrected chi connectivity index (χ2v) is 6.22. The van der Waals surface area contributed by atoms with Gasteiger partial charge in [-0.25, -0.2) is 4.39 Å². The highest BCUT2D eigenvalue weighted by atomic mass is 35.5. The molecule has 0 amide bonds. The first-order valence-electron chi connectivity index (χ1n) is 7.38. The van der Waals surface area contributed by atoms with Crippen molar-refractivity contribution in [3.8, 4) is 5.75 Å². The van der Waals surface area contributed by atoms with E-state index in [9.17, 15) is 9.50 Å². The molecule has 1 atom stereocenters. The molecule has 1 aliphatic rings. The molecule has 0 bridgehead atoms. The van der Waals surface area contributed by atoms with Gasteiger partial charge in [0.25, 0.3) is 0 Å². The fourth-order valence-corrected chi connectivity index (χ4v) is 3.05. The van der Waals surface area contributed by atoms with E-state index >= 15 is 0 Å². The van der Waals surface area contributed by atoms with Gasteiger partial charge < -0.3 is 15.2 Å². The van der Waals surface area contributed by atoms with Gasteiger partial charge in [-0.2, -0.15) is 0 Å². The average molecular weight is 333 g/mol. The Morgan fingerprint density at radius 1 is 1.36 bits per heavy atom. The summed E-state index contributed by atoms with van der Waals surface area (Å²) in [4.78, 5) is 2.34.